The van der Waals surface area contributed by atoms with Crippen LogP contribution in [0.1, 0.15) is 85.2 Å². The summed E-state index contributed by atoms with van der Waals surface area (Å²) in [6.07, 6.45) is -7.63. The molecule has 4 aliphatic heterocycles. The molecule has 114 heavy (non-hydrogen) atoms. The van der Waals surface area contributed by atoms with Crippen molar-refractivity contribution in [1.82, 2.24) is 78.5 Å². The minimum absolute atomic E-state index is 0. The number of aromatic amines is 1. The summed E-state index contributed by atoms with van der Waals surface area (Å²) < 4.78 is 131. The Labute approximate surface area is 705 Å². The number of imidazole rings is 4. The van der Waals surface area contributed by atoms with Gasteiger partial charge in [-0.1, -0.05) is 142 Å². The molecule has 14 rings (SSSR count). The van der Waals surface area contributed by atoms with Crippen molar-refractivity contribution in [1.29, 1.82) is 0 Å². The number of nitrogens with one attached hydrogen (secondary N) is 3. The van der Waals surface area contributed by atoms with Crippen LogP contribution in [-0.2, 0) is 54.8 Å². The molecule has 0 amide bonds. The van der Waals surface area contributed by atoms with Crippen LogP contribution in [0.2, 0.25) is 31.4 Å². The van der Waals surface area contributed by atoms with E-state index >= 15 is 0 Å². The first-order valence-electron chi connectivity index (χ1n) is 32.9. The number of alkyl halides is 5. The summed E-state index contributed by atoms with van der Waals surface area (Å²) in [7, 11) is -9.57. The van der Waals surface area contributed by atoms with Crippen molar-refractivity contribution in [2.24, 2.45) is 11.8 Å². The number of benzene rings is 2. The van der Waals surface area contributed by atoms with Crippen molar-refractivity contribution in [2.75, 3.05) is 35.7 Å². The Kier molecular flexibility index (Phi) is 36.0. The smallest absolute Gasteiger partial charge is 0.340 e. The van der Waals surface area contributed by atoms with Gasteiger partial charge in [0.15, 0.2) is 98.7 Å². The Hall–Kier alpha value is -4.18. The van der Waals surface area contributed by atoms with Gasteiger partial charge in [0, 0.05) is 24.9 Å². The lowest BCUT2D eigenvalue weighted by molar-refractivity contribution is -0.0459. The maximum Gasteiger partial charge on any atom is 0.340 e. The molecule has 9 N–H and O–H groups in total. The van der Waals surface area contributed by atoms with Crippen molar-refractivity contribution >= 4 is 214 Å². The number of nitrogens with zero attached hydrogens (tertiary/aromatic N) is 15. The van der Waals surface area contributed by atoms with Crippen molar-refractivity contribution in [3.63, 3.8) is 0 Å². The van der Waals surface area contributed by atoms with E-state index in [4.69, 9.17) is 143 Å². The minimum Gasteiger partial charge on any atom is -0.394 e. The Morgan fingerprint density at radius 3 is 1.35 bits per heavy atom. The zero-order valence-electron chi connectivity index (χ0n) is 58.0. The number of fused-ring (bicyclic) bond motifs is 4. The van der Waals surface area contributed by atoms with Crippen molar-refractivity contribution in [3.05, 3.63) is 129 Å². The molecule has 4 aliphatic rings. The predicted molar refractivity (Wildman–Crippen MR) is 432 cm³/mol. The van der Waals surface area contributed by atoms with Gasteiger partial charge in [0.1, 0.15) is 52.5 Å². The fourth-order valence-electron chi connectivity index (χ4n) is 11.4. The molecule has 0 spiro atoms. The maximum absolute atomic E-state index is 15.0. The number of rotatable bonds is 19. The number of hydrogen-bond donors (Lipinski definition) is 9. The van der Waals surface area contributed by atoms with Crippen LogP contribution in [0, 0.1) is 11.8 Å². The van der Waals surface area contributed by atoms with Gasteiger partial charge in [-0.05, 0) is 115 Å². The van der Waals surface area contributed by atoms with Gasteiger partial charge in [0.2, 0.25) is 21.1 Å². The lowest BCUT2D eigenvalue weighted by Gasteiger charge is -2.18. The monoisotopic (exact) mass is 1940 g/mol. The van der Waals surface area contributed by atoms with Gasteiger partial charge in [0.25, 0.3) is 11.7 Å². The molecule has 12 heterocycles. The largest absolute Gasteiger partial charge is 0.394 e. The lowest BCUT2D eigenvalue weighted by Crippen LogP contribution is -2.31. The van der Waals surface area contributed by atoms with E-state index in [1.54, 1.807) is 0 Å². The SMILES string of the molecule is C.C.CC[C@H]1O[C@@H](n2cnc3c(Cl)nc(Cl)nc32)[C@@H](F)[C@@H]1C.CC[C@H]1O[C@H](Br)[C@@H](F)[C@@H]1C.Clc1nc(Cl)c2[nH]cnc2n1.O=P(Cl)(Cl)CP(=O)(Cl)Cl.O=P(O)(O)CP(=O)(O)OC[C@H]1O[C@@H](n2cnc3c(NCc4ccccc4)nc(Cl)nc32)[C@@H](F)[C@@H]1O.OC[C@H]1O[C@@H](n2cnc3c(NCc4ccccc4)nc(Cl)nc32)[C@@H](F)[C@@H]1O. The molecule has 628 valence electrons. The third-order valence-corrected chi connectivity index (χ3v) is 28.7. The number of hydrogen-bond acceptors (Lipinski definition) is 26. The standard InChI is InChI=1S/C18H21ClFN5O8P2.C17H17ClFN5O3.C12H13Cl2FN4O.C7H12BrFO.C5H2Cl2N4.CH2Cl4O2P2.2CH4/c19-18-23-15(21-6-10-4-2-1-3-5-10)13-16(24-18)25(8-22-13)17-12(20)14(26)11(33-17)7-32-35(30,31)9-34(27,28)29;18-17-22-14(20-6-9-4-2-1-3-5-9)12-15(23-17)24(8-21-12)16-11(19)13(26)10(7-25)27-16;1-3-6-5(2)7(15)11(20-6)19-4-16-8-9(13)17-12(14)18-10(8)19;1-3-5-4(2)6(9)7(8)10-5;6-3-2-4(9-1-8-2)11-5(7)10-3;2-8(3,6)1-9(4,5)7;;/h1-5,8,11-12,14,17,26H,6-7,9H2,(H,30,31)(H,21,23,24)(H2,27,28,29);1-5,8,10-11,13,16,25-26H,6-7H2,(H,20,22,23);4-7,11H,3H2,1-2H3;4-7H,3H2,1-2H3;1H,(H,8,9,10,11);1H2;2*1H4/t11-,12+,14-,17-;10-,11+,13-,16-;5-,6-,7+,11-;4-,5-,6+,7+;;;;/m1111..../s1. The van der Waals surface area contributed by atoms with Gasteiger partial charge < -0.3 is 69.1 Å². The summed E-state index contributed by atoms with van der Waals surface area (Å²) in [5.74, 6) is -8.16. The summed E-state index contributed by atoms with van der Waals surface area (Å²) in [4.78, 5) is 78.5. The third kappa shape index (κ3) is 25.7. The van der Waals surface area contributed by atoms with Crippen LogP contribution in [0.25, 0.3) is 44.7 Å². The minimum atomic E-state index is -4.85. The van der Waals surface area contributed by atoms with Gasteiger partial charge in [-0.3, -0.25) is 32.0 Å². The fraction of sp³-hybridized carbons (Fsp3) is 0.484. The molecule has 17 atom stereocenters. The first-order valence-corrected chi connectivity index (χ1v) is 47.0. The average molecular weight is 1950 g/mol. The van der Waals surface area contributed by atoms with Gasteiger partial charge in [-0.25, -0.2) is 47.5 Å². The van der Waals surface area contributed by atoms with E-state index in [0.29, 0.717) is 46.8 Å². The van der Waals surface area contributed by atoms with Gasteiger partial charge in [-0.15, -0.1) is 0 Å². The van der Waals surface area contributed by atoms with E-state index in [0.717, 1.165) is 24.0 Å². The number of aromatic nitrogens is 16. The van der Waals surface area contributed by atoms with Crippen LogP contribution in [0.15, 0.2) is 86.0 Å². The van der Waals surface area contributed by atoms with Crippen molar-refractivity contribution in [2.45, 2.75) is 153 Å². The number of halogens is 15. The summed E-state index contributed by atoms with van der Waals surface area (Å²) in [5, 5.41) is 35.5. The molecular weight excluding hydrogens is 1870 g/mol. The molecule has 2 aromatic carbocycles. The van der Waals surface area contributed by atoms with Gasteiger partial charge in [0.05, 0.1) is 50.7 Å². The second-order valence-corrected chi connectivity index (χ2v) is 42.7. The van der Waals surface area contributed by atoms with E-state index < -0.39 is 120 Å². The number of anilines is 2. The van der Waals surface area contributed by atoms with Crippen LogP contribution in [0.4, 0.5) is 29.2 Å². The highest BCUT2D eigenvalue weighted by molar-refractivity contribution is 9.09. The zero-order valence-corrected chi connectivity index (χ0v) is 70.7. The second-order valence-electron chi connectivity index (χ2n) is 24.7. The van der Waals surface area contributed by atoms with Crippen LogP contribution >= 0.6 is 157 Å². The van der Waals surface area contributed by atoms with E-state index in [1.165, 1.54) is 39.0 Å². The number of aliphatic hydroxyl groups excluding tert-OH is 3. The quantitative estimate of drug-likeness (QED) is 0.0119. The zero-order chi connectivity index (χ0) is 82.1. The molecule has 4 fully saturated rings. The Balaban J connectivity index is 0.000000202. The van der Waals surface area contributed by atoms with E-state index in [2.05, 4.69) is 95.9 Å². The second kappa shape index (κ2) is 42.4. The van der Waals surface area contributed by atoms with E-state index in [1.807, 2.05) is 88.4 Å². The third-order valence-electron chi connectivity index (χ3n) is 16.8. The molecule has 8 aromatic heterocycles. The molecule has 0 bridgehead atoms. The van der Waals surface area contributed by atoms with E-state index in [9.17, 15) is 56.0 Å². The molecule has 33 nitrogen and oxygen atoms in total. The number of H-pyrrole nitrogens is 1. The Morgan fingerprint density at radius 1 is 0.535 bits per heavy atom. The van der Waals surface area contributed by atoms with Crippen LogP contribution < -0.4 is 10.6 Å². The maximum atomic E-state index is 15.0. The molecule has 52 heteroatoms. The van der Waals surface area contributed by atoms with Gasteiger partial charge in [-0.2, -0.15) is 29.9 Å². The summed E-state index contributed by atoms with van der Waals surface area (Å²) in [5.41, 5.74) is 4.89. The highest BCUT2D eigenvalue weighted by atomic mass is 79.9. The summed E-state index contributed by atoms with van der Waals surface area (Å²) in [6.45, 7) is 7.31. The summed E-state index contributed by atoms with van der Waals surface area (Å²) in [6, 6.07) is 19.1. The first-order chi connectivity index (χ1) is 52.7. The van der Waals surface area contributed by atoms with Gasteiger partial charge >= 0.3 is 15.2 Å². The van der Waals surface area contributed by atoms with E-state index in [-0.39, 0.29) is 98.0 Å². The molecule has 0 aliphatic carbocycles. The highest BCUT2D eigenvalue weighted by Gasteiger charge is 2.49. The lowest BCUT2D eigenvalue weighted by atomic mass is 10.00. The highest BCUT2D eigenvalue weighted by Crippen LogP contribution is 2.72. The topological polar surface area (TPSA) is 445 Å². The van der Waals surface area contributed by atoms with Crippen LogP contribution in [0.3, 0.4) is 0 Å². The number of ether oxygens (including phenoxy) is 4. The van der Waals surface area contributed by atoms with Crippen LogP contribution in [-0.4, -0.2) is 200 Å². The normalized spacial score (nSPS) is 25.1. The predicted octanol–water partition coefficient (Wildman–Crippen LogP) is 16.8. The molecular formula is C62H75BrCl10F4N18O15P4. The molecule has 4 saturated heterocycles. The Bertz CT molecular complexity index is 5020. The number of aliphatic hydroxyl groups is 3. The molecule has 1 unspecified atom stereocenters. The van der Waals surface area contributed by atoms with Crippen molar-refractivity contribution < 1.29 is 89.3 Å². The fourth-order valence-corrected chi connectivity index (χ4v) is 24.8. The summed E-state index contributed by atoms with van der Waals surface area (Å²) >= 11 is 58.2. The molecule has 10 aromatic rings. The average Bonchev–Trinajstić information content (AvgIpc) is 1.62. The first kappa shape index (κ1) is 96.9. The molecule has 0 radical (unpaired) electrons. The molecule has 0 saturated carbocycles. The Morgan fingerprint density at radius 2 is 0.939 bits per heavy atom. The van der Waals surface area contributed by atoms with Crippen LogP contribution in [0.5, 0.6) is 0 Å². The van der Waals surface area contributed by atoms with Crippen molar-refractivity contribution in [3.8, 4) is 0 Å².